The average molecular weight is 838 g/mol. The predicted molar refractivity (Wildman–Crippen MR) is 235 cm³/mol. The zero-order valence-corrected chi connectivity index (χ0v) is 35.8. The molecule has 0 aliphatic heterocycles. The van der Waals surface area contributed by atoms with Crippen LogP contribution >= 0.6 is 11.3 Å². The van der Waals surface area contributed by atoms with Crippen molar-refractivity contribution in [3.8, 4) is 0 Å². The van der Waals surface area contributed by atoms with Crippen LogP contribution < -0.4 is 10.6 Å². The van der Waals surface area contributed by atoms with E-state index in [0.29, 0.717) is 43.4 Å². The van der Waals surface area contributed by atoms with Crippen molar-refractivity contribution in [2.24, 2.45) is 17.8 Å². The van der Waals surface area contributed by atoms with E-state index in [2.05, 4.69) is 28.6 Å². The molecule has 12 heteroatoms. The highest BCUT2D eigenvalue weighted by atomic mass is 32.1. The van der Waals surface area contributed by atoms with Gasteiger partial charge in [0.2, 0.25) is 5.91 Å². The second-order valence-electron chi connectivity index (χ2n) is 17.2. The molecular formula is C48H59N3O8S. The van der Waals surface area contributed by atoms with E-state index in [1.807, 2.05) is 60.7 Å². The lowest BCUT2D eigenvalue weighted by molar-refractivity contribution is -0.145. The molecule has 1 aliphatic rings. The van der Waals surface area contributed by atoms with E-state index in [4.69, 9.17) is 9.47 Å². The summed E-state index contributed by atoms with van der Waals surface area (Å²) in [7, 11) is 0. The average Bonchev–Trinajstić information content (AvgIpc) is 3.78. The molecule has 3 aromatic carbocycles. The smallest absolute Gasteiger partial charge is 0.407 e. The number of unbranched alkanes of at least 4 members (excludes halogenated alkanes) is 2. The number of nitrogens with zero attached hydrogens (tertiary/aromatic N) is 1. The van der Waals surface area contributed by atoms with Crippen LogP contribution in [0.15, 0.2) is 91.3 Å². The standard InChI is InChI=1S/C48H59N3O8S/c1-30(45-37(40(53)26-41(45)54)20-21-39(52)43-25-34-11-8-9-12-42(34)60-43)10-6-5-7-13-44(55)58-29-31-14-16-32(17-15-31)38(28-50-47(57)59-48(2,3)4)46(56)51-36-19-18-35-27-49-23-22-33(35)24-36/h8-9,11-12,14-19,22-25,27,30,37-41,45,52-54H,5-7,10,13,20-21,26,28-29H2,1-4H3,(H,50,57)(H,51,56)/t30-,37-,38?,39+,40+,41-,45?/m0/s1. The Morgan fingerprint density at radius 1 is 0.900 bits per heavy atom. The Kier molecular flexibility index (Phi) is 15.3. The number of benzene rings is 3. The van der Waals surface area contributed by atoms with Crippen LogP contribution in [0.1, 0.15) is 107 Å². The fraction of sp³-hybridized carbons (Fsp3) is 0.458. The van der Waals surface area contributed by atoms with Gasteiger partial charge in [-0.15, -0.1) is 11.3 Å². The zero-order valence-electron chi connectivity index (χ0n) is 35.0. The molecule has 0 radical (unpaired) electrons. The summed E-state index contributed by atoms with van der Waals surface area (Å²) in [6.07, 6.45) is 6.18. The van der Waals surface area contributed by atoms with Crippen molar-refractivity contribution in [1.82, 2.24) is 10.3 Å². The van der Waals surface area contributed by atoms with Gasteiger partial charge >= 0.3 is 12.1 Å². The van der Waals surface area contributed by atoms with Crippen molar-refractivity contribution < 1.29 is 39.2 Å². The van der Waals surface area contributed by atoms with E-state index in [9.17, 15) is 29.7 Å². The number of anilines is 1. The SMILES string of the molecule is C[C@@H](CCCCCC(=O)OCc1ccc(C(CNC(=O)OC(C)(C)C)C(=O)Nc2ccc3cnccc3c2)cc1)C1[C@@H](CC[C@@H](O)c2cc3ccccc3s2)[C@H](O)C[C@@H]1O. The fourth-order valence-electron chi connectivity index (χ4n) is 8.41. The molecule has 1 aliphatic carbocycles. The minimum atomic E-state index is -0.733. The summed E-state index contributed by atoms with van der Waals surface area (Å²) < 4.78 is 12.1. The molecule has 1 saturated carbocycles. The van der Waals surface area contributed by atoms with Gasteiger partial charge in [0.05, 0.1) is 24.2 Å². The third kappa shape index (κ3) is 12.3. The number of fused-ring (bicyclic) bond motifs is 2. The number of hydrogen-bond acceptors (Lipinski definition) is 10. The van der Waals surface area contributed by atoms with Crippen LogP contribution in [0.3, 0.4) is 0 Å². The number of aliphatic hydroxyl groups excluding tert-OH is 3. The number of nitrogens with one attached hydrogen (secondary N) is 2. The molecule has 0 saturated heterocycles. The number of thiophene rings is 1. The summed E-state index contributed by atoms with van der Waals surface area (Å²) in [5, 5.41) is 41.5. The van der Waals surface area contributed by atoms with Crippen molar-refractivity contribution >= 4 is 55.9 Å². The Hall–Kier alpha value is -4.88. The van der Waals surface area contributed by atoms with Crippen LogP contribution in [0, 0.1) is 17.8 Å². The first kappa shape index (κ1) is 44.7. The van der Waals surface area contributed by atoms with Crippen LogP contribution in [-0.4, -0.2) is 62.6 Å². The molecular weight excluding hydrogens is 779 g/mol. The van der Waals surface area contributed by atoms with Gasteiger partial charge in [-0.3, -0.25) is 14.6 Å². The highest BCUT2D eigenvalue weighted by Crippen LogP contribution is 2.43. The lowest BCUT2D eigenvalue weighted by Gasteiger charge is -2.29. The minimum Gasteiger partial charge on any atom is -0.461 e. The molecule has 2 heterocycles. The van der Waals surface area contributed by atoms with Gasteiger partial charge in [0.25, 0.3) is 0 Å². The highest BCUT2D eigenvalue weighted by Gasteiger charge is 2.44. The molecule has 7 atom stereocenters. The molecule has 11 nitrogen and oxygen atoms in total. The Morgan fingerprint density at radius 3 is 2.45 bits per heavy atom. The van der Waals surface area contributed by atoms with Gasteiger partial charge in [-0.1, -0.05) is 74.7 Å². The number of carbonyl (C=O) groups excluding carboxylic acids is 3. The van der Waals surface area contributed by atoms with Crippen molar-refractivity contribution in [3.63, 3.8) is 0 Å². The molecule has 60 heavy (non-hydrogen) atoms. The van der Waals surface area contributed by atoms with Gasteiger partial charge in [0, 0.05) is 46.0 Å². The first-order valence-corrected chi connectivity index (χ1v) is 21.9. The number of aromatic nitrogens is 1. The second kappa shape index (κ2) is 20.6. The van der Waals surface area contributed by atoms with E-state index in [0.717, 1.165) is 50.6 Å². The molecule has 0 spiro atoms. The van der Waals surface area contributed by atoms with E-state index >= 15 is 0 Å². The van der Waals surface area contributed by atoms with Crippen LogP contribution in [0.4, 0.5) is 10.5 Å². The summed E-state index contributed by atoms with van der Waals surface area (Å²) in [6.45, 7) is 7.55. The Bertz CT molecular complexity index is 2170. The number of ether oxygens (including phenoxy) is 2. The third-order valence-corrected chi connectivity index (χ3v) is 12.7. The number of carbonyl (C=O) groups is 3. The predicted octanol–water partition coefficient (Wildman–Crippen LogP) is 9.20. The molecule has 2 aromatic heterocycles. The maximum absolute atomic E-state index is 13.6. The zero-order chi connectivity index (χ0) is 42.8. The number of amides is 2. The lowest BCUT2D eigenvalue weighted by atomic mass is 9.78. The Labute approximate surface area is 356 Å². The molecule has 0 bridgehead atoms. The molecule has 320 valence electrons. The van der Waals surface area contributed by atoms with Crippen LogP contribution in [0.2, 0.25) is 0 Å². The maximum Gasteiger partial charge on any atom is 0.407 e. The first-order chi connectivity index (χ1) is 28.7. The quantitative estimate of drug-likeness (QED) is 0.0427. The topological polar surface area (TPSA) is 167 Å². The fourth-order valence-corrected chi connectivity index (χ4v) is 9.49. The summed E-state index contributed by atoms with van der Waals surface area (Å²) in [4.78, 5) is 43.9. The van der Waals surface area contributed by atoms with Crippen molar-refractivity contribution in [1.29, 1.82) is 0 Å². The van der Waals surface area contributed by atoms with Gasteiger partial charge in [0.1, 0.15) is 12.2 Å². The number of aliphatic hydroxyl groups is 3. The van der Waals surface area contributed by atoms with Gasteiger partial charge in [-0.05, 0) is 116 Å². The third-order valence-electron chi connectivity index (χ3n) is 11.5. The Balaban J connectivity index is 0.939. The van der Waals surface area contributed by atoms with Crippen molar-refractivity contribution in [2.75, 3.05) is 11.9 Å². The lowest BCUT2D eigenvalue weighted by Crippen LogP contribution is -2.37. The summed E-state index contributed by atoms with van der Waals surface area (Å²) >= 11 is 1.60. The molecule has 2 amide bonds. The first-order valence-electron chi connectivity index (χ1n) is 21.1. The number of esters is 1. The van der Waals surface area contributed by atoms with Crippen LogP contribution in [-0.2, 0) is 25.7 Å². The van der Waals surface area contributed by atoms with Gasteiger partial charge in [-0.25, -0.2) is 4.79 Å². The summed E-state index contributed by atoms with van der Waals surface area (Å²) in [5.74, 6) is -1.25. The number of alkyl carbamates (subject to hydrolysis) is 1. The van der Waals surface area contributed by atoms with Crippen LogP contribution in [0.25, 0.3) is 20.9 Å². The highest BCUT2D eigenvalue weighted by molar-refractivity contribution is 7.19. The summed E-state index contributed by atoms with van der Waals surface area (Å²) in [5.41, 5.74) is 1.37. The van der Waals surface area contributed by atoms with E-state index in [-0.39, 0.29) is 42.8 Å². The maximum atomic E-state index is 13.6. The summed E-state index contributed by atoms with van der Waals surface area (Å²) in [6, 6.07) is 24.8. The van der Waals surface area contributed by atoms with E-state index in [1.165, 1.54) is 0 Å². The monoisotopic (exact) mass is 837 g/mol. The van der Waals surface area contributed by atoms with Gasteiger partial charge in [-0.2, -0.15) is 0 Å². The molecule has 5 aromatic rings. The van der Waals surface area contributed by atoms with Crippen LogP contribution in [0.5, 0.6) is 0 Å². The molecule has 2 unspecified atom stereocenters. The minimum absolute atomic E-state index is 0.00709. The number of pyridine rings is 1. The van der Waals surface area contributed by atoms with E-state index in [1.54, 1.807) is 56.6 Å². The molecule has 6 rings (SSSR count). The molecule has 1 fully saturated rings. The Morgan fingerprint density at radius 2 is 1.68 bits per heavy atom. The second-order valence-corrected chi connectivity index (χ2v) is 18.3. The van der Waals surface area contributed by atoms with Gasteiger partial charge < -0.3 is 35.4 Å². The molecule has 5 N–H and O–H groups in total. The normalized spacial score (nSPS) is 19.4. The van der Waals surface area contributed by atoms with Gasteiger partial charge in [0.15, 0.2) is 0 Å². The van der Waals surface area contributed by atoms with Crippen molar-refractivity contribution in [2.45, 2.75) is 115 Å². The number of rotatable bonds is 18. The van der Waals surface area contributed by atoms with Crippen molar-refractivity contribution in [3.05, 3.63) is 107 Å². The largest absolute Gasteiger partial charge is 0.461 e. The number of hydrogen-bond donors (Lipinski definition) is 5. The van der Waals surface area contributed by atoms with E-state index < -0.39 is 35.9 Å².